The summed E-state index contributed by atoms with van der Waals surface area (Å²) in [5.74, 6) is 0.804. The lowest BCUT2D eigenvalue weighted by molar-refractivity contribution is -0.113. The molecule has 1 N–H and O–H groups in total. The fourth-order valence-electron chi connectivity index (χ4n) is 3.93. The first-order valence-corrected chi connectivity index (χ1v) is 14.0. The van der Waals surface area contributed by atoms with E-state index in [2.05, 4.69) is 22.4 Å². The third-order valence-corrected chi connectivity index (χ3v) is 7.93. The van der Waals surface area contributed by atoms with Gasteiger partial charge in [-0.05, 0) is 56.5 Å². The average molecular weight is 551 g/mol. The summed E-state index contributed by atoms with van der Waals surface area (Å²) < 4.78 is 13.1. The van der Waals surface area contributed by atoms with Crippen LogP contribution >= 0.6 is 23.1 Å². The van der Waals surface area contributed by atoms with E-state index < -0.39 is 5.97 Å². The molecule has 10 heteroatoms. The van der Waals surface area contributed by atoms with Crippen LogP contribution in [0.5, 0.6) is 5.75 Å². The minimum Gasteiger partial charge on any atom is -0.483 e. The molecule has 2 aromatic heterocycles. The predicted octanol–water partition coefficient (Wildman–Crippen LogP) is 6.30. The summed E-state index contributed by atoms with van der Waals surface area (Å²) in [6, 6.07) is 15.5. The van der Waals surface area contributed by atoms with Gasteiger partial charge in [0, 0.05) is 17.5 Å². The van der Waals surface area contributed by atoms with Crippen LogP contribution in [0.3, 0.4) is 0 Å². The summed E-state index contributed by atoms with van der Waals surface area (Å²) in [5, 5.41) is 14.4. The zero-order chi connectivity index (χ0) is 27.2. The smallest absolute Gasteiger partial charge is 0.341 e. The van der Waals surface area contributed by atoms with E-state index in [-0.39, 0.29) is 17.8 Å². The molecule has 0 saturated heterocycles. The lowest BCUT2D eigenvalue weighted by Crippen LogP contribution is -2.17. The third-order valence-electron chi connectivity index (χ3n) is 6.07. The van der Waals surface area contributed by atoms with Crippen molar-refractivity contribution in [1.29, 1.82) is 0 Å². The molecule has 1 amide bonds. The third kappa shape index (κ3) is 6.08. The van der Waals surface area contributed by atoms with E-state index in [0.29, 0.717) is 28.1 Å². The topological polar surface area (TPSA) is 95.3 Å². The minimum absolute atomic E-state index is 0.101. The van der Waals surface area contributed by atoms with Gasteiger partial charge < -0.3 is 19.4 Å². The van der Waals surface area contributed by atoms with Crippen molar-refractivity contribution in [2.45, 2.75) is 45.5 Å². The summed E-state index contributed by atoms with van der Waals surface area (Å²) >= 11 is 2.57. The van der Waals surface area contributed by atoms with Crippen LogP contribution in [0.4, 0.5) is 5.00 Å². The van der Waals surface area contributed by atoms with Gasteiger partial charge in [0.2, 0.25) is 5.91 Å². The van der Waals surface area contributed by atoms with Crippen molar-refractivity contribution < 1.29 is 19.1 Å². The number of methoxy groups -OCH3 is 1. The number of rotatable bonds is 10. The van der Waals surface area contributed by atoms with E-state index in [4.69, 9.17) is 9.47 Å². The summed E-state index contributed by atoms with van der Waals surface area (Å²) in [6.45, 7) is 8.67. The number of aromatic nitrogens is 3. The number of hydrogen-bond acceptors (Lipinski definition) is 8. The predicted molar refractivity (Wildman–Crippen MR) is 151 cm³/mol. The van der Waals surface area contributed by atoms with E-state index in [0.717, 1.165) is 22.4 Å². The molecule has 0 aliphatic heterocycles. The van der Waals surface area contributed by atoms with Crippen molar-refractivity contribution in [2.24, 2.45) is 0 Å². The first-order valence-electron chi connectivity index (χ1n) is 12.2. The number of benzene rings is 2. The quantitative estimate of drug-likeness (QED) is 0.183. The largest absolute Gasteiger partial charge is 0.483 e. The molecule has 4 aromatic rings. The number of nitrogens with zero attached hydrogens (tertiary/aromatic N) is 3. The van der Waals surface area contributed by atoms with Crippen molar-refractivity contribution in [3.05, 3.63) is 76.4 Å². The number of thiophene rings is 1. The zero-order valence-electron chi connectivity index (χ0n) is 22.0. The number of carbonyl (C=O) groups excluding carboxylic acids is 2. The number of thioether (sulfide) groups is 1. The molecule has 198 valence electrons. The SMILES string of the molecule is CCn1c(SCC(=O)Nc2scc(-c3ccccc3)c2C(=O)OC)nnc1C(C)Oc1ccc(C)c(C)c1. The van der Waals surface area contributed by atoms with Crippen LogP contribution in [0.1, 0.15) is 47.3 Å². The van der Waals surface area contributed by atoms with Crippen LogP contribution in [0.2, 0.25) is 0 Å². The fraction of sp³-hybridized carbons (Fsp3) is 0.286. The fourth-order valence-corrected chi connectivity index (χ4v) is 5.71. The molecule has 0 aliphatic carbocycles. The normalized spacial score (nSPS) is 11.7. The second kappa shape index (κ2) is 12.3. The second-order valence-electron chi connectivity index (χ2n) is 8.64. The zero-order valence-corrected chi connectivity index (χ0v) is 23.6. The molecule has 1 atom stereocenters. The standard InChI is InChI=1S/C28H30N4O4S2/c1-6-32-25(19(4)36-21-13-12-17(2)18(3)14-21)30-31-28(32)38-16-23(33)29-26-24(27(34)35-5)22(15-37-26)20-10-8-7-9-11-20/h7-15,19H,6,16H2,1-5H3,(H,29,33). The first kappa shape index (κ1) is 27.4. The van der Waals surface area contributed by atoms with Gasteiger partial charge >= 0.3 is 5.97 Å². The summed E-state index contributed by atoms with van der Waals surface area (Å²) in [6.07, 6.45) is -0.321. The maximum atomic E-state index is 12.9. The molecule has 0 aliphatic rings. The number of esters is 1. The molecule has 0 radical (unpaired) electrons. The van der Waals surface area contributed by atoms with E-state index >= 15 is 0 Å². The van der Waals surface area contributed by atoms with Crippen LogP contribution in [0, 0.1) is 13.8 Å². The van der Waals surface area contributed by atoms with Crippen molar-refractivity contribution in [3.63, 3.8) is 0 Å². The van der Waals surface area contributed by atoms with Crippen molar-refractivity contribution in [3.8, 4) is 16.9 Å². The van der Waals surface area contributed by atoms with Gasteiger partial charge in [0.05, 0.1) is 12.9 Å². The summed E-state index contributed by atoms with van der Waals surface area (Å²) in [5.41, 5.74) is 4.30. The molecule has 0 fully saturated rings. The van der Waals surface area contributed by atoms with Gasteiger partial charge in [0.25, 0.3) is 0 Å². The lowest BCUT2D eigenvalue weighted by atomic mass is 10.0. The van der Waals surface area contributed by atoms with Crippen molar-refractivity contribution in [1.82, 2.24) is 14.8 Å². The number of ether oxygens (including phenoxy) is 2. The Morgan fingerprint density at radius 3 is 2.55 bits per heavy atom. The van der Waals surface area contributed by atoms with Crippen LogP contribution in [0.15, 0.2) is 59.1 Å². The molecular weight excluding hydrogens is 520 g/mol. The van der Waals surface area contributed by atoms with Gasteiger partial charge in [-0.25, -0.2) is 4.79 Å². The molecule has 8 nitrogen and oxygen atoms in total. The lowest BCUT2D eigenvalue weighted by Gasteiger charge is -2.16. The molecule has 2 aromatic carbocycles. The average Bonchev–Trinajstić information content (AvgIpc) is 3.53. The Hall–Kier alpha value is -3.63. The molecule has 4 rings (SSSR count). The molecule has 0 spiro atoms. The number of anilines is 1. The Bertz CT molecular complexity index is 1430. The summed E-state index contributed by atoms with van der Waals surface area (Å²) in [7, 11) is 1.33. The Morgan fingerprint density at radius 1 is 1.11 bits per heavy atom. The number of nitrogens with one attached hydrogen (secondary N) is 1. The van der Waals surface area contributed by atoms with Gasteiger partial charge in [-0.1, -0.05) is 48.2 Å². The highest BCUT2D eigenvalue weighted by Crippen LogP contribution is 2.36. The highest BCUT2D eigenvalue weighted by Gasteiger charge is 2.23. The Labute approximate surface area is 230 Å². The van der Waals surface area contributed by atoms with Gasteiger partial charge in [-0.2, -0.15) is 0 Å². The van der Waals surface area contributed by atoms with Crippen LogP contribution < -0.4 is 10.1 Å². The highest BCUT2D eigenvalue weighted by molar-refractivity contribution is 7.99. The van der Waals surface area contributed by atoms with Crippen LogP contribution in [-0.2, 0) is 16.1 Å². The van der Waals surface area contributed by atoms with E-state index in [1.165, 1.54) is 35.8 Å². The molecule has 38 heavy (non-hydrogen) atoms. The second-order valence-corrected chi connectivity index (χ2v) is 10.5. The molecule has 0 saturated carbocycles. The first-order chi connectivity index (χ1) is 18.3. The van der Waals surface area contributed by atoms with Gasteiger partial charge in [0.1, 0.15) is 16.3 Å². The number of hydrogen-bond donors (Lipinski definition) is 1. The minimum atomic E-state index is -0.499. The van der Waals surface area contributed by atoms with E-state index in [1.54, 1.807) is 0 Å². The number of carbonyl (C=O) groups is 2. The van der Waals surface area contributed by atoms with Gasteiger partial charge in [0.15, 0.2) is 17.1 Å². The number of amides is 1. The highest BCUT2D eigenvalue weighted by atomic mass is 32.2. The van der Waals surface area contributed by atoms with Crippen molar-refractivity contribution in [2.75, 3.05) is 18.2 Å². The Balaban J connectivity index is 1.44. The van der Waals surface area contributed by atoms with Gasteiger partial charge in [-0.3, -0.25) is 4.79 Å². The van der Waals surface area contributed by atoms with Gasteiger partial charge in [-0.15, -0.1) is 21.5 Å². The molecular formula is C28H30N4O4S2. The molecule has 0 bridgehead atoms. The van der Waals surface area contributed by atoms with Crippen LogP contribution in [-0.4, -0.2) is 39.5 Å². The Kier molecular flexibility index (Phi) is 8.85. The number of aryl methyl sites for hydroxylation is 2. The van der Waals surface area contributed by atoms with Crippen molar-refractivity contribution >= 4 is 40.0 Å². The summed E-state index contributed by atoms with van der Waals surface area (Å²) in [4.78, 5) is 25.4. The maximum absolute atomic E-state index is 12.9. The van der Waals surface area contributed by atoms with Crippen LogP contribution in [0.25, 0.3) is 11.1 Å². The Morgan fingerprint density at radius 2 is 1.87 bits per heavy atom. The maximum Gasteiger partial charge on any atom is 0.341 e. The van der Waals surface area contributed by atoms with E-state index in [1.807, 2.05) is 79.2 Å². The van der Waals surface area contributed by atoms with E-state index in [9.17, 15) is 9.59 Å². The molecule has 1 unspecified atom stereocenters. The molecule has 2 heterocycles. The monoisotopic (exact) mass is 550 g/mol.